The Bertz CT molecular complexity index is 913. The molecule has 0 amide bonds. The van der Waals surface area contributed by atoms with Crippen LogP contribution >= 0.6 is 0 Å². The number of aromatic nitrogens is 2. The van der Waals surface area contributed by atoms with Gasteiger partial charge in [0.25, 0.3) is 5.56 Å². The molecule has 0 fully saturated rings. The van der Waals surface area contributed by atoms with Crippen LogP contribution < -0.4 is 21.4 Å². The van der Waals surface area contributed by atoms with Gasteiger partial charge < -0.3 is 15.3 Å². The Morgan fingerprint density at radius 1 is 1.38 bits per heavy atom. The van der Waals surface area contributed by atoms with Crippen molar-refractivity contribution in [3.8, 4) is 11.6 Å². The van der Waals surface area contributed by atoms with Gasteiger partial charge in [0, 0.05) is 19.0 Å². The van der Waals surface area contributed by atoms with E-state index in [1.54, 1.807) is 0 Å². The van der Waals surface area contributed by atoms with Crippen molar-refractivity contribution in [3.05, 3.63) is 56.2 Å². The number of nitrogens with one attached hydrogen (secondary N) is 2. The van der Waals surface area contributed by atoms with E-state index in [4.69, 9.17) is 4.74 Å². The molecule has 0 spiro atoms. The van der Waals surface area contributed by atoms with Gasteiger partial charge in [-0.2, -0.15) is 5.10 Å². The highest BCUT2D eigenvalue weighted by Gasteiger charge is 2.28. The first-order valence-corrected chi connectivity index (χ1v) is 7.59. The van der Waals surface area contributed by atoms with Crippen molar-refractivity contribution in [1.82, 2.24) is 15.0 Å². The van der Waals surface area contributed by atoms with Gasteiger partial charge >= 0.3 is 5.69 Å². The van der Waals surface area contributed by atoms with E-state index in [0.717, 1.165) is 15.9 Å². The molecule has 0 radical (unpaired) electrons. The van der Waals surface area contributed by atoms with Gasteiger partial charge in [0.05, 0.1) is 18.4 Å². The molecule has 1 atom stereocenters. The van der Waals surface area contributed by atoms with Gasteiger partial charge in [-0.1, -0.05) is 18.2 Å². The van der Waals surface area contributed by atoms with Gasteiger partial charge in [0.1, 0.15) is 11.3 Å². The lowest BCUT2D eigenvalue weighted by Gasteiger charge is -2.15. The molecule has 3 rings (SSSR count). The zero-order chi connectivity index (χ0) is 17.3. The summed E-state index contributed by atoms with van der Waals surface area (Å²) in [6.45, 7) is 2.45. The highest BCUT2D eigenvalue weighted by atomic mass is 16.5. The molecule has 0 aliphatic carbocycles. The maximum absolute atomic E-state index is 12.1. The number of ether oxygens (including phenoxy) is 1. The Morgan fingerprint density at radius 3 is 2.88 bits per heavy atom. The van der Waals surface area contributed by atoms with Crippen LogP contribution in [0.4, 0.5) is 0 Å². The monoisotopic (exact) mass is 330 g/mol. The summed E-state index contributed by atoms with van der Waals surface area (Å²) in [6.07, 6.45) is 0.388. The molecule has 1 aliphatic heterocycles. The normalized spacial score (nSPS) is 16.6. The quantitative estimate of drug-likeness (QED) is 0.761. The van der Waals surface area contributed by atoms with Crippen LogP contribution in [0.1, 0.15) is 30.5 Å². The number of hydrazone groups is 1. The third-order valence-corrected chi connectivity index (χ3v) is 3.93. The summed E-state index contributed by atoms with van der Waals surface area (Å²) in [4.78, 5) is 25.7. The molecule has 8 heteroatoms. The molecular formula is C16H18N4O4. The van der Waals surface area contributed by atoms with Crippen molar-refractivity contribution in [1.29, 1.82) is 0 Å². The lowest BCUT2D eigenvalue weighted by molar-refractivity contribution is 0.332. The van der Waals surface area contributed by atoms with Crippen molar-refractivity contribution >= 4 is 5.71 Å². The third kappa shape index (κ3) is 2.66. The van der Waals surface area contributed by atoms with Gasteiger partial charge in [-0.3, -0.25) is 14.3 Å². The fourth-order valence-corrected chi connectivity index (χ4v) is 2.70. The van der Waals surface area contributed by atoms with E-state index in [9.17, 15) is 14.7 Å². The summed E-state index contributed by atoms with van der Waals surface area (Å²) in [5.74, 6) is 0.343. The molecule has 126 valence electrons. The predicted octanol–water partition coefficient (Wildman–Crippen LogP) is 0.617. The Hall–Kier alpha value is -3.03. The molecule has 0 unspecified atom stereocenters. The zero-order valence-electron chi connectivity index (χ0n) is 13.4. The largest absolute Gasteiger partial charge is 0.494 e. The summed E-state index contributed by atoms with van der Waals surface area (Å²) in [5.41, 5.74) is 2.94. The average Bonchev–Trinajstić information content (AvgIpc) is 3.03. The van der Waals surface area contributed by atoms with Crippen molar-refractivity contribution < 1.29 is 9.84 Å². The number of benzene rings is 1. The molecule has 24 heavy (non-hydrogen) atoms. The smallest absolute Gasteiger partial charge is 0.330 e. The lowest BCUT2D eigenvalue weighted by atomic mass is 9.99. The highest BCUT2D eigenvalue weighted by Crippen LogP contribution is 2.31. The molecule has 0 saturated carbocycles. The number of rotatable bonds is 4. The number of hydrogen-bond acceptors (Lipinski definition) is 6. The number of H-pyrrole nitrogens is 1. The van der Waals surface area contributed by atoms with E-state index >= 15 is 0 Å². The van der Waals surface area contributed by atoms with Crippen LogP contribution in [0.25, 0.3) is 0 Å². The SMILES string of the molecule is CCOc1ccccc1[C@@H]1CC(c2c(O)n(C)c(=O)[nH]c2=O)=NN1. The first-order valence-electron chi connectivity index (χ1n) is 7.59. The molecule has 8 nitrogen and oxygen atoms in total. The van der Waals surface area contributed by atoms with E-state index in [1.807, 2.05) is 31.2 Å². The maximum Gasteiger partial charge on any atom is 0.330 e. The van der Waals surface area contributed by atoms with E-state index in [2.05, 4.69) is 15.5 Å². The summed E-state index contributed by atoms with van der Waals surface area (Å²) < 4.78 is 6.59. The van der Waals surface area contributed by atoms with Crippen molar-refractivity contribution in [3.63, 3.8) is 0 Å². The van der Waals surface area contributed by atoms with Gasteiger partial charge in [-0.25, -0.2) is 4.79 Å². The Balaban J connectivity index is 1.93. The summed E-state index contributed by atoms with van der Waals surface area (Å²) in [7, 11) is 1.38. The molecule has 2 aromatic rings. The second-order valence-corrected chi connectivity index (χ2v) is 5.43. The number of hydrogen-bond donors (Lipinski definition) is 3. The van der Waals surface area contributed by atoms with Crippen LogP contribution in [-0.2, 0) is 7.05 Å². The molecule has 1 aliphatic rings. The van der Waals surface area contributed by atoms with Crippen molar-refractivity contribution in [2.45, 2.75) is 19.4 Å². The molecule has 2 heterocycles. The first-order chi connectivity index (χ1) is 11.5. The summed E-state index contributed by atoms with van der Waals surface area (Å²) in [6, 6.07) is 7.39. The minimum Gasteiger partial charge on any atom is -0.494 e. The Labute approximate surface area is 137 Å². The summed E-state index contributed by atoms with van der Waals surface area (Å²) >= 11 is 0. The van der Waals surface area contributed by atoms with Gasteiger partial charge in [-0.05, 0) is 13.0 Å². The van der Waals surface area contributed by atoms with Crippen molar-refractivity contribution in [2.24, 2.45) is 12.1 Å². The number of aromatic amines is 1. The van der Waals surface area contributed by atoms with Gasteiger partial charge in [-0.15, -0.1) is 0 Å². The fraction of sp³-hybridized carbons (Fsp3) is 0.312. The minimum atomic E-state index is -0.675. The molecular weight excluding hydrogens is 312 g/mol. The van der Waals surface area contributed by atoms with Crippen LogP contribution in [0.3, 0.4) is 0 Å². The molecule has 1 aromatic carbocycles. The second-order valence-electron chi connectivity index (χ2n) is 5.43. The van der Waals surface area contributed by atoms with Crippen LogP contribution in [0, 0.1) is 0 Å². The fourth-order valence-electron chi connectivity index (χ4n) is 2.70. The minimum absolute atomic E-state index is 0.000918. The van der Waals surface area contributed by atoms with Gasteiger partial charge in [0.2, 0.25) is 5.88 Å². The topological polar surface area (TPSA) is 109 Å². The number of nitrogens with zero attached hydrogens (tertiary/aromatic N) is 2. The Kier molecular flexibility index (Phi) is 4.11. The lowest BCUT2D eigenvalue weighted by Crippen LogP contribution is -2.32. The molecule has 0 saturated heterocycles. The van der Waals surface area contributed by atoms with Crippen LogP contribution in [0.2, 0.25) is 0 Å². The Morgan fingerprint density at radius 2 is 2.12 bits per heavy atom. The van der Waals surface area contributed by atoms with E-state index in [1.165, 1.54) is 7.05 Å². The van der Waals surface area contributed by atoms with Crippen LogP contribution in [0.5, 0.6) is 11.6 Å². The molecule has 3 N–H and O–H groups in total. The highest BCUT2D eigenvalue weighted by molar-refractivity contribution is 6.03. The average molecular weight is 330 g/mol. The van der Waals surface area contributed by atoms with E-state index in [0.29, 0.717) is 18.7 Å². The zero-order valence-corrected chi connectivity index (χ0v) is 13.4. The maximum atomic E-state index is 12.1. The third-order valence-electron chi connectivity index (χ3n) is 3.93. The predicted molar refractivity (Wildman–Crippen MR) is 88.6 cm³/mol. The number of aromatic hydroxyl groups is 1. The van der Waals surface area contributed by atoms with E-state index < -0.39 is 17.1 Å². The van der Waals surface area contributed by atoms with Crippen LogP contribution in [0.15, 0.2) is 39.0 Å². The van der Waals surface area contributed by atoms with Gasteiger partial charge in [0.15, 0.2) is 0 Å². The number of para-hydroxylation sites is 1. The first kappa shape index (κ1) is 15.9. The molecule has 0 bridgehead atoms. The van der Waals surface area contributed by atoms with E-state index in [-0.39, 0.29) is 11.6 Å². The van der Waals surface area contributed by atoms with Crippen molar-refractivity contribution in [2.75, 3.05) is 6.61 Å². The molecule has 1 aromatic heterocycles. The van der Waals surface area contributed by atoms with Crippen LogP contribution in [-0.4, -0.2) is 27.0 Å². The second kappa shape index (κ2) is 6.23. The standard InChI is InChI=1S/C16H18N4O4/c1-3-24-12-7-5-4-6-9(12)10-8-11(19-18-10)13-14(21)17-16(23)20(2)15(13)22/h4-7,10,18,22H,3,8H2,1-2H3,(H,17,21,23)/t10-/m0/s1. The summed E-state index contributed by atoms with van der Waals surface area (Å²) in [5, 5.41) is 14.3.